The Hall–Kier alpha value is -1.35. The normalized spacial score (nSPS) is 9.83. The highest BCUT2D eigenvalue weighted by atomic mass is 16.3. The smallest absolute Gasteiger partial charge is 0.248 e. The number of hydrogen-bond donors (Lipinski definition) is 2. The first-order valence-electron chi connectivity index (χ1n) is 3.65. The quantitative estimate of drug-likeness (QED) is 0.673. The molecule has 0 aliphatic carbocycles. The number of hydrogen-bond acceptors (Lipinski definition) is 2. The van der Waals surface area contributed by atoms with E-state index < -0.39 is 5.91 Å². The van der Waals surface area contributed by atoms with Crippen molar-refractivity contribution in [2.45, 2.75) is 13.5 Å². The zero-order chi connectivity index (χ0) is 9.14. The van der Waals surface area contributed by atoms with Crippen LogP contribution in [0.1, 0.15) is 21.5 Å². The minimum Gasteiger partial charge on any atom is -0.392 e. The number of primary amides is 1. The molecule has 0 fully saturated rings. The topological polar surface area (TPSA) is 63.3 Å². The fourth-order valence-corrected chi connectivity index (χ4v) is 0.995. The molecule has 0 saturated heterocycles. The van der Waals surface area contributed by atoms with E-state index in [1.54, 1.807) is 18.2 Å². The molecule has 3 heteroatoms. The lowest BCUT2D eigenvalue weighted by atomic mass is 10.1. The van der Waals surface area contributed by atoms with Crippen molar-refractivity contribution in [3.8, 4) is 0 Å². The van der Waals surface area contributed by atoms with E-state index in [1.165, 1.54) is 0 Å². The summed E-state index contributed by atoms with van der Waals surface area (Å²) in [6, 6.07) is 5.03. The number of nitrogens with two attached hydrogens (primary N) is 1. The van der Waals surface area contributed by atoms with Crippen LogP contribution in [0.4, 0.5) is 0 Å². The van der Waals surface area contributed by atoms with E-state index in [9.17, 15) is 4.79 Å². The lowest BCUT2D eigenvalue weighted by Crippen LogP contribution is -2.11. The van der Waals surface area contributed by atoms with Crippen LogP contribution in [0.5, 0.6) is 0 Å². The first kappa shape index (κ1) is 8.74. The second-order valence-electron chi connectivity index (χ2n) is 2.66. The Bertz CT molecular complexity index is 307. The van der Waals surface area contributed by atoms with Gasteiger partial charge in [0.15, 0.2) is 0 Å². The van der Waals surface area contributed by atoms with Crippen LogP contribution in [-0.4, -0.2) is 11.0 Å². The van der Waals surface area contributed by atoms with Crippen LogP contribution in [0.3, 0.4) is 0 Å². The summed E-state index contributed by atoms with van der Waals surface area (Å²) in [6.45, 7) is 1.81. The molecule has 0 radical (unpaired) electrons. The van der Waals surface area contributed by atoms with Gasteiger partial charge in [0.1, 0.15) is 0 Å². The SMILES string of the molecule is Cc1ccc(C(N)=O)cc1CO. The van der Waals surface area contributed by atoms with E-state index >= 15 is 0 Å². The van der Waals surface area contributed by atoms with Gasteiger partial charge in [-0.2, -0.15) is 0 Å². The summed E-state index contributed by atoms with van der Waals surface area (Å²) in [5.41, 5.74) is 7.20. The summed E-state index contributed by atoms with van der Waals surface area (Å²) >= 11 is 0. The Morgan fingerprint density at radius 1 is 1.58 bits per heavy atom. The van der Waals surface area contributed by atoms with Gasteiger partial charge in [0.2, 0.25) is 5.91 Å². The van der Waals surface area contributed by atoms with Gasteiger partial charge >= 0.3 is 0 Å². The third-order valence-electron chi connectivity index (χ3n) is 1.80. The third kappa shape index (κ3) is 1.62. The summed E-state index contributed by atoms with van der Waals surface area (Å²) in [7, 11) is 0. The molecule has 64 valence electrons. The average molecular weight is 165 g/mol. The number of aliphatic hydroxyl groups is 1. The van der Waals surface area contributed by atoms with Gasteiger partial charge in [-0.05, 0) is 30.2 Å². The Kier molecular flexibility index (Phi) is 2.45. The fourth-order valence-electron chi connectivity index (χ4n) is 0.995. The average Bonchev–Trinajstić information content (AvgIpc) is 2.05. The predicted octanol–water partition coefficient (Wildman–Crippen LogP) is 0.586. The van der Waals surface area contributed by atoms with Crippen molar-refractivity contribution in [3.63, 3.8) is 0 Å². The molecule has 0 aromatic heterocycles. The standard InChI is InChI=1S/C9H11NO2/c1-6-2-3-7(9(10)12)4-8(6)5-11/h2-4,11H,5H2,1H3,(H2,10,12). The number of aliphatic hydroxyl groups excluding tert-OH is 1. The molecule has 0 aliphatic heterocycles. The van der Waals surface area contributed by atoms with Crippen molar-refractivity contribution >= 4 is 5.91 Å². The maximum atomic E-state index is 10.7. The lowest BCUT2D eigenvalue weighted by Gasteiger charge is -2.03. The highest BCUT2D eigenvalue weighted by molar-refractivity contribution is 5.93. The van der Waals surface area contributed by atoms with Crippen LogP contribution in [0, 0.1) is 6.92 Å². The van der Waals surface area contributed by atoms with Gasteiger partial charge in [-0.1, -0.05) is 6.07 Å². The van der Waals surface area contributed by atoms with Crippen LogP contribution in [0.15, 0.2) is 18.2 Å². The molecule has 0 saturated carbocycles. The fraction of sp³-hybridized carbons (Fsp3) is 0.222. The van der Waals surface area contributed by atoms with Crippen molar-refractivity contribution < 1.29 is 9.90 Å². The van der Waals surface area contributed by atoms with E-state index in [0.717, 1.165) is 11.1 Å². The number of benzene rings is 1. The van der Waals surface area contributed by atoms with Crippen LogP contribution in [0.25, 0.3) is 0 Å². The molecule has 1 rings (SSSR count). The number of carbonyl (C=O) groups is 1. The van der Waals surface area contributed by atoms with E-state index in [0.29, 0.717) is 5.56 Å². The second kappa shape index (κ2) is 3.36. The third-order valence-corrected chi connectivity index (χ3v) is 1.80. The van der Waals surface area contributed by atoms with E-state index in [-0.39, 0.29) is 6.61 Å². The van der Waals surface area contributed by atoms with E-state index in [2.05, 4.69) is 0 Å². The van der Waals surface area contributed by atoms with Gasteiger partial charge in [-0.15, -0.1) is 0 Å². The van der Waals surface area contributed by atoms with Crippen molar-refractivity contribution in [1.82, 2.24) is 0 Å². The van der Waals surface area contributed by atoms with Crippen LogP contribution in [-0.2, 0) is 6.61 Å². The van der Waals surface area contributed by atoms with Gasteiger partial charge in [-0.25, -0.2) is 0 Å². The van der Waals surface area contributed by atoms with Gasteiger partial charge in [-0.3, -0.25) is 4.79 Å². The van der Waals surface area contributed by atoms with Gasteiger partial charge in [0, 0.05) is 5.56 Å². The molecule has 1 amide bonds. The monoisotopic (exact) mass is 165 g/mol. The number of aryl methyl sites for hydroxylation is 1. The van der Waals surface area contributed by atoms with Crippen molar-refractivity contribution in [3.05, 3.63) is 34.9 Å². The molecule has 0 atom stereocenters. The largest absolute Gasteiger partial charge is 0.392 e. The summed E-state index contributed by atoms with van der Waals surface area (Å²) in [4.78, 5) is 10.7. The summed E-state index contributed by atoms with van der Waals surface area (Å²) in [5.74, 6) is -0.468. The summed E-state index contributed by atoms with van der Waals surface area (Å²) in [6.07, 6.45) is 0. The lowest BCUT2D eigenvalue weighted by molar-refractivity contribution is 0.1000. The highest BCUT2D eigenvalue weighted by Crippen LogP contribution is 2.10. The predicted molar refractivity (Wildman–Crippen MR) is 45.6 cm³/mol. The molecule has 0 aliphatic rings. The molecule has 3 N–H and O–H groups in total. The van der Waals surface area contributed by atoms with E-state index in [4.69, 9.17) is 10.8 Å². The van der Waals surface area contributed by atoms with Gasteiger partial charge in [0.25, 0.3) is 0 Å². The zero-order valence-electron chi connectivity index (χ0n) is 6.87. The Balaban J connectivity index is 3.13. The van der Waals surface area contributed by atoms with Gasteiger partial charge in [0.05, 0.1) is 6.61 Å². The van der Waals surface area contributed by atoms with Crippen LogP contribution >= 0.6 is 0 Å². The molecule has 3 nitrogen and oxygen atoms in total. The molecule has 1 aromatic carbocycles. The molecule has 0 heterocycles. The van der Waals surface area contributed by atoms with Gasteiger partial charge < -0.3 is 10.8 Å². The number of carbonyl (C=O) groups excluding carboxylic acids is 1. The Morgan fingerprint density at radius 3 is 2.75 bits per heavy atom. The van der Waals surface area contributed by atoms with Crippen LogP contribution in [0.2, 0.25) is 0 Å². The molecule has 0 spiro atoms. The van der Waals surface area contributed by atoms with Crippen LogP contribution < -0.4 is 5.73 Å². The van der Waals surface area contributed by atoms with Crippen molar-refractivity contribution in [1.29, 1.82) is 0 Å². The second-order valence-corrected chi connectivity index (χ2v) is 2.66. The summed E-state index contributed by atoms with van der Waals surface area (Å²) < 4.78 is 0. The summed E-state index contributed by atoms with van der Waals surface area (Å²) in [5, 5.41) is 8.87. The number of amides is 1. The molecule has 12 heavy (non-hydrogen) atoms. The molecular weight excluding hydrogens is 154 g/mol. The molecular formula is C9H11NO2. The molecule has 1 aromatic rings. The molecule has 0 unspecified atom stereocenters. The first-order valence-corrected chi connectivity index (χ1v) is 3.65. The van der Waals surface area contributed by atoms with E-state index in [1.807, 2.05) is 6.92 Å². The minimum absolute atomic E-state index is 0.0625. The first-order chi connectivity index (χ1) is 5.65. The maximum Gasteiger partial charge on any atom is 0.248 e. The minimum atomic E-state index is -0.468. The maximum absolute atomic E-state index is 10.7. The van der Waals surface area contributed by atoms with Crippen molar-refractivity contribution in [2.75, 3.05) is 0 Å². The highest BCUT2D eigenvalue weighted by Gasteiger charge is 2.02. The molecule has 0 bridgehead atoms. The zero-order valence-corrected chi connectivity index (χ0v) is 6.87. The Morgan fingerprint density at radius 2 is 2.25 bits per heavy atom. The van der Waals surface area contributed by atoms with Crippen molar-refractivity contribution in [2.24, 2.45) is 5.73 Å². The number of rotatable bonds is 2. The Labute approximate surface area is 70.8 Å².